The molecule has 20 heavy (non-hydrogen) atoms. The van der Waals surface area contributed by atoms with Gasteiger partial charge in [0.05, 0.1) is 7.11 Å². The lowest BCUT2D eigenvalue weighted by atomic mass is 9.93. The molecular formula is C18H15IO. The predicted molar refractivity (Wildman–Crippen MR) is 93.4 cm³/mol. The van der Waals surface area contributed by atoms with Crippen LogP contribution in [0.15, 0.2) is 54.6 Å². The van der Waals surface area contributed by atoms with Gasteiger partial charge in [-0.3, -0.25) is 0 Å². The number of para-hydroxylation sites is 1. The summed E-state index contributed by atoms with van der Waals surface area (Å²) in [6, 6.07) is 19.0. The van der Waals surface area contributed by atoms with Crippen LogP contribution in [0.2, 0.25) is 0 Å². The van der Waals surface area contributed by atoms with Crippen molar-refractivity contribution in [3.05, 3.63) is 63.7 Å². The van der Waals surface area contributed by atoms with E-state index in [0.717, 1.165) is 11.3 Å². The largest absolute Gasteiger partial charge is 0.496 e. The molecule has 0 aliphatic carbocycles. The highest BCUT2D eigenvalue weighted by atomic mass is 127. The first kappa shape index (κ1) is 13.4. The molecule has 0 heterocycles. The fourth-order valence-corrected chi connectivity index (χ4v) is 3.22. The van der Waals surface area contributed by atoms with E-state index in [0.29, 0.717) is 0 Å². The van der Waals surface area contributed by atoms with E-state index in [9.17, 15) is 0 Å². The molecule has 0 spiro atoms. The molecule has 100 valence electrons. The summed E-state index contributed by atoms with van der Waals surface area (Å²) < 4.78 is 6.82. The minimum absolute atomic E-state index is 0.919. The van der Waals surface area contributed by atoms with Gasteiger partial charge >= 0.3 is 0 Å². The summed E-state index contributed by atoms with van der Waals surface area (Å²) in [6.07, 6.45) is 0. The number of ether oxygens (including phenoxy) is 1. The van der Waals surface area contributed by atoms with E-state index < -0.39 is 0 Å². The molecule has 0 aliphatic heterocycles. The maximum atomic E-state index is 5.54. The fourth-order valence-electron chi connectivity index (χ4n) is 2.62. The summed E-state index contributed by atoms with van der Waals surface area (Å²) in [5.74, 6) is 0.919. The second-order valence-electron chi connectivity index (χ2n) is 4.78. The summed E-state index contributed by atoms with van der Waals surface area (Å²) in [5.41, 5.74) is 3.72. The Balaban J connectivity index is 2.43. The molecule has 1 nitrogen and oxygen atoms in total. The van der Waals surface area contributed by atoms with Crippen LogP contribution in [0.5, 0.6) is 5.75 Å². The Kier molecular flexibility index (Phi) is 3.66. The molecule has 0 atom stereocenters. The molecule has 3 aromatic rings. The highest BCUT2D eigenvalue weighted by molar-refractivity contribution is 14.1. The van der Waals surface area contributed by atoms with E-state index in [1.54, 1.807) is 7.11 Å². The van der Waals surface area contributed by atoms with Crippen LogP contribution in [0.25, 0.3) is 21.9 Å². The summed E-state index contributed by atoms with van der Waals surface area (Å²) in [4.78, 5) is 0. The Hall–Kier alpha value is -1.55. The van der Waals surface area contributed by atoms with Gasteiger partial charge in [0.25, 0.3) is 0 Å². The zero-order chi connectivity index (χ0) is 14.1. The van der Waals surface area contributed by atoms with Gasteiger partial charge in [-0.05, 0) is 63.5 Å². The Morgan fingerprint density at radius 3 is 2.45 bits per heavy atom. The summed E-state index contributed by atoms with van der Waals surface area (Å²) >= 11 is 2.41. The van der Waals surface area contributed by atoms with Gasteiger partial charge in [-0.15, -0.1) is 0 Å². The summed E-state index contributed by atoms with van der Waals surface area (Å²) in [6.45, 7) is 2.18. The lowest BCUT2D eigenvalue weighted by molar-refractivity contribution is 0.416. The minimum atomic E-state index is 0.919. The van der Waals surface area contributed by atoms with E-state index in [4.69, 9.17) is 4.74 Å². The molecule has 0 aliphatic rings. The molecule has 0 bridgehead atoms. The third-order valence-corrected chi connectivity index (χ3v) is 4.74. The molecule has 3 aromatic carbocycles. The summed E-state index contributed by atoms with van der Waals surface area (Å²) in [5, 5.41) is 2.54. The van der Waals surface area contributed by atoms with Gasteiger partial charge in [0.2, 0.25) is 0 Å². The molecule has 2 heteroatoms. The van der Waals surface area contributed by atoms with Crippen molar-refractivity contribution in [2.75, 3.05) is 7.11 Å². The quantitative estimate of drug-likeness (QED) is 0.544. The van der Waals surface area contributed by atoms with Crippen molar-refractivity contribution < 1.29 is 4.74 Å². The van der Waals surface area contributed by atoms with E-state index in [-0.39, 0.29) is 0 Å². The van der Waals surface area contributed by atoms with Crippen LogP contribution < -0.4 is 4.74 Å². The first-order valence-corrected chi connectivity index (χ1v) is 7.61. The van der Waals surface area contributed by atoms with Gasteiger partial charge in [0.1, 0.15) is 5.75 Å². The van der Waals surface area contributed by atoms with Crippen LogP contribution in [0.3, 0.4) is 0 Å². The van der Waals surface area contributed by atoms with Crippen LogP contribution in [0.4, 0.5) is 0 Å². The molecule has 0 amide bonds. The van der Waals surface area contributed by atoms with E-state index >= 15 is 0 Å². The molecule has 3 rings (SSSR count). The van der Waals surface area contributed by atoms with Crippen LogP contribution in [-0.2, 0) is 0 Å². The van der Waals surface area contributed by atoms with Crippen molar-refractivity contribution in [3.63, 3.8) is 0 Å². The van der Waals surface area contributed by atoms with Crippen molar-refractivity contribution in [3.8, 4) is 16.9 Å². The van der Waals surface area contributed by atoms with Gasteiger partial charge < -0.3 is 4.74 Å². The smallest absolute Gasteiger partial charge is 0.126 e. The number of rotatable bonds is 2. The van der Waals surface area contributed by atoms with Crippen molar-refractivity contribution in [1.82, 2.24) is 0 Å². The Morgan fingerprint density at radius 2 is 1.65 bits per heavy atom. The normalized spacial score (nSPS) is 10.8. The molecule has 0 fully saturated rings. The Bertz CT molecular complexity index is 777. The predicted octanol–water partition coefficient (Wildman–Crippen LogP) is 5.43. The molecule has 0 saturated carbocycles. The van der Waals surface area contributed by atoms with Crippen molar-refractivity contribution in [2.45, 2.75) is 6.92 Å². The summed E-state index contributed by atoms with van der Waals surface area (Å²) in [7, 11) is 1.73. The first-order chi connectivity index (χ1) is 9.72. The second-order valence-corrected chi connectivity index (χ2v) is 5.94. The van der Waals surface area contributed by atoms with Crippen LogP contribution in [0, 0.1) is 10.5 Å². The maximum Gasteiger partial charge on any atom is 0.126 e. The molecule has 0 radical (unpaired) electrons. The maximum absolute atomic E-state index is 5.54. The zero-order valence-corrected chi connectivity index (χ0v) is 13.6. The number of halogens is 1. The topological polar surface area (TPSA) is 9.23 Å². The van der Waals surface area contributed by atoms with E-state index in [2.05, 4.69) is 72.0 Å². The van der Waals surface area contributed by atoms with Gasteiger partial charge in [0.15, 0.2) is 0 Å². The standard InChI is InChI=1S/C18H15IO/c1-12-16(19)11-13-7-3-4-8-14(13)18(12)15-9-5-6-10-17(15)20-2/h3-11H,1-2H3. The second kappa shape index (κ2) is 5.44. The third-order valence-electron chi connectivity index (χ3n) is 3.62. The monoisotopic (exact) mass is 374 g/mol. The van der Waals surface area contributed by atoms with Gasteiger partial charge in [-0.25, -0.2) is 0 Å². The number of fused-ring (bicyclic) bond motifs is 1. The van der Waals surface area contributed by atoms with Crippen LogP contribution in [0.1, 0.15) is 5.56 Å². The van der Waals surface area contributed by atoms with E-state index in [1.807, 2.05) is 12.1 Å². The third kappa shape index (κ3) is 2.18. The van der Waals surface area contributed by atoms with Gasteiger partial charge in [-0.1, -0.05) is 42.5 Å². The lowest BCUT2D eigenvalue weighted by Crippen LogP contribution is -1.93. The molecule has 0 saturated heterocycles. The average molecular weight is 374 g/mol. The lowest BCUT2D eigenvalue weighted by Gasteiger charge is -2.15. The highest BCUT2D eigenvalue weighted by Crippen LogP contribution is 2.39. The molecule has 0 unspecified atom stereocenters. The van der Waals surface area contributed by atoms with Crippen molar-refractivity contribution in [2.24, 2.45) is 0 Å². The SMILES string of the molecule is COc1ccccc1-c1c(C)c(I)cc2ccccc12. The van der Waals surface area contributed by atoms with E-state index in [1.165, 1.54) is 25.5 Å². The van der Waals surface area contributed by atoms with Crippen LogP contribution in [-0.4, -0.2) is 7.11 Å². The number of methoxy groups -OCH3 is 1. The van der Waals surface area contributed by atoms with Gasteiger partial charge in [0, 0.05) is 9.13 Å². The molecule has 0 N–H and O–H groups in total. The first-order valence-electron chi connectivity index (χ1n) is 6.53. The fraction of sp³-hybridized carbons (Fsp3) is 0.111. The number of hydrogen-bond acceptors (Lipinski definition) is 1. The number of hydrogen-bond donors (Lipinski definition) is 0. The Labute approximate surface area is 132 Å². The molecule has 0 aromatic heterocycles. The Morgan fingerprint density at radius 1 is 0.950 bits per heavy atom. The van der Waals surface area contributed by atoms with Crippen LogP contribution >= 0.6 is 22.6 Å². The van der Waals surface area contributed by atoms with Crippen molar-refractivity contribution in [1.29, 1.82) is 0 Å². The average Bonchev–Trinajstić information content (AvgIpc) is 2.49. The zero-order valence-electron chi connectivity index (χ0n) is 11.5. The van der Waals surface area contributed by atoms with Crippen molar-refractivity contribution >= 4 is 33.4 Å². The van der Waals surface area contributed by atoms with Gasteiger partial charge in [-0.2, -0.15) is 0 Å². The minimum Gasteiger partial charge on any atom is -0.496 e. The highest BCUT2D eigenvalue weighted by Gasteiger charge is 2.13. The molecular weight excluding hydrogens is 359 g/mol. The number of benzene rings is 3.